The smallest absolute Gasteiger partial charge is 0.322 e. The molecule has 36 heavy (non-hydrogen) atoms. The van der Waals surface area contributed by atoms with Gasteiger partial charge in [-0.2, -0.15) is 0 Å². The third-order valence-electron chi connectivity index (χ3n) is 4.96. The first-order valence-corrected chi connectivity index (χ1v) is 13.7. The standard InChI is InChI=1S/C23H20N4O7S2/c1-33-16-9-13-18(14-10-16)36(31,32)27-20-6-4-3-5-19(20)21(28)24-23-26-25-22(34-23)15-7-11-17(12-8-15)35(2,29)30/h3-14,27H,1-2H3,(H,24,26,28). The zero-order valence-corrected chi connectivity index (χ0v) is 20.6. The van der Waals surface area contributed by atoms with Crippen LogP contribution in [0.3, 0.4) is 0 Å². The minimum absolute atomic E-state index is 0.0121. The third kappa shape index (κ3) is 5.53. The van der Waals surface area contributed by atoms with Gasteiger partial charge in [-0.15, -0.1) is 5.10 Å². The monoisotopic (exact) mass is 528 g/mol. The quantitative estimate of drug-likeness (QED) is 0.350. The molecule has 1 heterocycles. The molecule has 0 fully saturated rings. The number of carbonyl (C=O) groups excluding carboxylic acids is 1. The molecule has 13 heteroatoms. The lowest BCUT2D eigenvalue weighted by atomic mass is 10.2. The molecule has 11 nitrogen and oxygen atoms in total. The van der Waals surface area contributed by atoms with E-state index in [1.165, 1.54) is 67.8 Å². The Balaban J connectivity index is 1.52. The summed E-state index contributed by atoms with van der Waals surface area (Å²) in [4.78, 5) is 13.0. The predicted octanol–water partition coefficient (Wildman–Crippen LogP) is 3.20. The summed E-state index contributed by atoms with van der Waals surface area (Å²) in [6.07, 6.45) is 1.09. The van der Waals surface area contributed by atoms with Crippen LogP contribution in [0, 0.1) is 0 Å². The lowest BCUT2D eigenvalue weighted by molar-refractivity contribution is 0.102. The van der Waals surface area contributed by atoms with Gasteiger partial charge in [-0.1, -0.05) is 17.2 Å². The summed E-state index contributed by atoms with van der Waals surface area (Å²) in [6.45, 7) is 0. The van der Waals surface area contributed by atoms with Crippen LogP contribution in [0.5, 0.6) is 5.75 Å². The number of amides is 1. The number of aromatic nitrogens is 2. The highest BCUT2D eigenvalue weighted by Crippen LogP contribution is 2.25. The van der Waals surface area contributed by atoms with E-state index >= 15 is 0 Å². The summed E-state index contributed by atoms with van der Waals surface area (Å²) in [7, 11) is -5.88. The molecule has 3 aromatic carbocycles. The SMILES string of the molecule is COc1ccc(S(=O)(=O)Nc2ccccc2C(=O)Nc2nnc(-c3ccc(S(C)(=O)=O)cc3)o2)cc1. The van der Waals surface area contributed by atoms with Gasteiger partial charge in [0.05, 0.1) is 28.2 Å². The van der Waals surface area contributed by atoms with Gasteiger partial charge < -0.3 is 9.15 Å². The van der Waals surface area contributed by atoms with Gasteiger partial charge in [-0.25, -0.2) is 16.8 Å². The zero-order valence-electron chi connectivity index (χ0n) is 19.0. The molecule has 0 aliphatic heterocycles. The summed E-state index contributed by atoms with van der Waals surface area (Å²) in [5.41, 5.74) is 0.511. The highest BCUT2D eigenvalue weighted by molar-refractivity contribution is 7.92. The summed E-state index contributed by atoms with van der Waals surface area (Å²) in [6, 6.07) is 17.4. The number of rotatable bonds is 8. The Morgan fingerprint density at radius 1 is 0.861 bits per heavy atom. The van der Waals surface area contributed by atoms with Crippen LogP contribution in [0.1, 0.15) is 10.4 Å². The average molecular weight is 529 g/mol. The predicted molar refractivity (Wildman–Crippen MR) is 131 cm³/mol. The van der Waals surface area contributed by atoms with Gasteiger partial charge in [0, 0.05) is 11.8 Å². The van der Waals surface area contributed by atoms with Crippen molar-refractivity contribution in [3.8, 4) is 17.2 Å². The number of hydrogen-bond donors (Lipinski definition) is 2. The number of para-hydroxylation sites is 1. The van der Waals surface area contributed by atoms with Crippen LogP contribution < -0.4 is 14.8 Å². The molecule has 0 saturated carbocycles. The van der Waals surface area contributed by atoms with Gasteiger partial charge >= 0.3 is 6.01 Å². The van der Waals surface area contributed by atoms with Crippen LogP contribution in [0.2, 0.25) is 0 Å². The largest absolute Gasteiger partial charge is 0.497 e. The fourth-order valence-corrected chi connectivity index (χ4v) is 4.84. The molecule has 1 amide bonds. The third-order valence-corrected chi connectivity index (χ3v) is 7.47. The molecule has 0 unspecified atom stereocenters. The summed E-state index contributed by atoms with van der Waals surface area (Å²) >= 11 is 0. The second kappa shape index (κ2) is 9.79. The maximum atomic E-state index is 12.9. The van der Waals surface area contributed by atoms with Crippen LogP contribution in [0.4, 0.5) is 11.7 Å². The number of hydrogen-bond acceptors (Lipinski definition) is 9. The lowest BCUT2D eigenvalue weighted by Crippen LogP contribution is -2.18. The Hall–Kier alpha value is -4.23. The normalized spacial score (nSPS) is 11.6. The minimum atomic E-state index is -3.99. The number of methoxy groups -OCH3 is 1. The van der Waals surface area contributed by atoms with Gasteiger partial charge in [0.25, 0.3) is 15.9 Å². The number of benzene rings is 3. The van der Waals surface area contributed by atoms with Crippen LogP contribution in [-0.2, 0) is 19.9 Å². The Kier molecular flexibility index (Phi) is 6.77. The van der Waals surface area contributed by atoms with Gasteiger partial charge in [-0.3, -0.25) is 14.8 Å². The van der Waals surface area contributed by atoms with Crippen LogP contribution in [0.15, 0.2) is 87.0 Å². The van der Waals surface area contributed by atoms with E-state index in [1.807, 2.05) is 0 Å². The summed E-state index contributed by atoms with van der Waals surface area (Å²) < 4.78 is 61.8. The van der Waals surface area contributed by atoms with E-state index in [0.29, 0.717) is 11.3 Å². The number of anilines is 2. The molecule has 0 saturated heterocycles. The van der Waals surface area contributed by atoms with Crippen LogP contribution >= 0.6 is 0 Å². The van der Waals surface area contributed by atoms with Crippen molar-refractivity contribution in [3.63, 3.8) is 0 Å². The van der Waals surface area contributed by atoms with Crippen LogP contribution in [-0.4, -0.2) is 46.3 Å². The Bertz CT molecular complexity index is 1610. The molecule has 186 valence electrons. The molecule has 0 bridgehead atoms. The van der Waals surface area contributed by atoms with E-state index in [0.717, 1.165) is 6.26 Å². The first-order valence-electron chi connectivity index (χ1n) is 10.3. The fourth-order valence-electron chi connectivity index (χ4n) is 3.13. The lowest BCUT2D eigenvalue weighted by Gasteiger charge is -2.12. The molecule has 0 radical (unpaired) electrons. The number of ether oxygens (including phenoxy) is 1. The summed E-state index contributed by atoms with van der Waals surface area (Å²) in [5, 5.41) is 10.1. The number of nitrogens with one attached hydrogen (secondary N) is 2. The van der Waals surface area contributed by atoms with Gasteiger partial charge in [0.2, 0.25) is 5.89 Å². The first-order chi connectivity index (χ1) is 17.1. The number of carbonyl (C=O) groups is 1. The van der Waals surface area contributed by atoms with Gasteiger partial charge in [0.1, 0.15) is 5.75 Å². The molecular weight excluding hydrogens is 508 g/mol. The van der Waals surface area contributed by atoms with Crippen molar-refractivity contribution in [1.82, 2.24) is 10.2 Å². The molecule has 4 rings (SSSR count). The topological polar surface area (TPSA) is 158 Å². The van der Waals surface area contributed by atoms with Crippen LogP contribution in [0.25, 0.3) is 11.5 Å². The van der Waals surface area contributed by atoms with E-state index < -0.39 is 25.8 Å². The minimum Gasteiger partial charge on any atom is -0.497 e. The molecule has 0 spiro atoms. The highest BCUT2D eigenvalue weighted by Gasteiger charge is 2.20. The number of sulfonamides is 1. The first kappa shape index (κ1) is 24.9. The number of sulfone groups is 1. The van der Waals surface area contributed by atoms with E-state index in [2.05, 4.69) is 20.2 Å². The maximum Gasteiger partial charge on any atom is 0.322 e. The molecule has 0 aliphatic rings. The molecule has 1 aromatic heterocycles. The Morgan fingerprint density at radius 2 is 1.50 bits per heavy atom. The van der Waals surface area contributed by atoms with Gasteiger partial charge in [0.15, 0.2) is 9.84 Å². The van der Waals surface area contributed by atoms with Gasteiger partial charge in [-0.05, 0) is 60.7 Å². The van der Waals surface area contributed by atoms with Crippen molar-refractivity contribution in [2.24, 2.45) is 0 Å². The molecule has 4 aromatic rings. The van der Waals surface area contributed by atoms with Crippen molar-refractivity contribution in [1.29, 1.82) is 0 Å². The van der Waals surface area contributed by atoms with Crippen molar-refractivity contribution >= 4 is 37.5 Å². The average Bonchev–Trinajstić information content (AvgIpc) is 3.32. The van der Waals surface area contributed by atoms with E-state index in [4.69, 9.17) is 9.15 Å². The van der Waals surface area contributed by atoms with E-state index in [-0.39, 0.29) is 32.9 Å². The van der Waals surface area contributed by atoms with E-state index in [9.17, 15) is 21.6 Å². The van der Waals surface area contributed by atoms with Crippen molar-refractivity contribution in [3.05, 3.63) is 78.4 Å². The highest BCUT2D eigenvalue weighted by atomic mass is 32.2. The van der Waals surface area contributed by atoms with Crippen molar-refractivity contribution in [2.45, 2.75) is 9.79 Å². The van der Waals surface area contributed by atoms with Crippen molar-refractivity contribution < 1.29 is 30.8 Å². The Labute approximate surface area is 207 Å². The molecule has 0 aliphatic carbocycles. The molecule has 2 N–H and O–H groups in total. The zero-order chi connectivity index (χ0) is 25.9. The van der Waals surface area contributed by atoms with E-state index in [1.54, 1.807) is 12.1 Å². The Morgan fingerprint density at radius 3 is 2.14 bits per heavy atom. The maximum absolute atomic E-state index is 12.9. The fraction of sp³-hybridized carbons (Fsp3) is 0.0870. The number of nitrogens with zero attached hydrogens (tertiary/aromatic N) is 2. The second-order valence-corrected chi connectivity index (χ2v) is 11.2. The molecular formula is C23H20N4O7S2. The van der Waals surface area contributed by atoms with Crippen molar-refractivity contribution in [2.75, 3.05) is 23.4 Å². The second-order valence-electron chi connectivity index (χ2n) is 7.49. The molecule has 0 atom stereocenters. The summed E-state index contributed by atoms with van der Waals surface area (Å²) in [5.74, 6) is -0.136.